The van der Waals surface area contributed by atoms with Gasteiger partial charge in [0, 0.05) is 43.0 Å². The van der Waals surface area contributed by atoms with Gasteiger partial charge in [-0.3, -0.25) is 4.79 Å². The smallest absolute Gasteiger partial charge is 0.317 e. The van der Waals surface area contributed by atoms with Gasteiger partial charge in [-0.15, -0.1) is 11.3 Å². The Morgan fingerprint density at radius 1 is 1.26 bits per heavy atom. The molecule has 1 aromatic heterocycles. The maximum absolute atomic E-state index is 12.7. The molecule has 1 unspecified atom stereocenters. The van der Waals surface area contributed by atoms with E-state index >= 15 is 0 Å². The number of carbonyl (C=O) groups excluding carboxylic acids is 1. The Morgan fingerprint density at radius 3 is 2.63 bits per heavy atom. The molecule has 144 valence electrons. The summed E-state index contributed by atoms with van der Waals surface area (Å²) in [7, 11) is 0. The first-order valence-electron chi connectivity index (χ1n) is 9.32. The van der Waals surface area contributed by atoms with Crippen LogP contribution in [0.15, 0.2) is 41.9 Å². The summed E-state index contributed by atoms with van der Waals surface area (Å²) in [6.07, 6.45) is 4.76. The fourth-order valence-electron chi connectivity index (χ4n) is 3.45. The second-order valence-corrected chi connectivity index (χ2v) is 7.83. The van der Waals surface area contributed by atoms with E-state index in [0.29, 0.717) is 31.8 Å². The number of nitrogens with zero attached hydrogens (tertiary/aromatic N) is 2. The van der Waals surface area contributed by atoms with Crippen LogP contribution < -0.4 is 5.32 Å². The highest BCUT2D eigenvalue weighted by molar-refractivity contribution is 7.09. The second kappa shape index (κ2) is 9.50. The van der Waals surface area contributed by atoms with Crippen molar-refractivity contribution in [2.24, 2.45) is 0 Å². The average molecular weight is 388 g/mol. The minimum absolute atomic E-state index is 0.0455. The third kappa shape index (κ3) is 5.79. The zero-order chi connectivity index (χ0) is 19.1. The van der Waals surface area contributed by atoms with Crippen LogP contribution in [0.3, 0.4) is 0 Å². The number of nitrogens with one attached hydrogen (secondary N) is 1. The maximum atomic E-state index is 12.7. The number of hydrogen-bond acceptors (Lipinski definition) is 4. The molecule has 2 aromatic rings. The molecule has 0 spiro atoms. The highest BCUT2D eigenvalue weighted by atomic mass is 32.1. The van der Waals surface area contributed by atoms with Gasteiger partial charge in [0.25, 0.3) is 0 Å². The molecular formula is C20H25N3O3S. The number of thiazole rings is 1. The number of benzene rings is 1. The highest BCUT2D eigenvalue weighted by Crippen LogP contribution is 2.29. The Kier molecular flexibility index (Phi) is 6.81. The van der Waals surface area contributed by atoms with Crippen LogP contribution in [0.25, 0.3) is 0 Å². The summed E-state index contributed by atoms with van der Waals surface area (Å²) in [4.78, 5) is 29.9. The molecule has 1 aliphatic rings. The molecule has 6 nitrogen and oxygen atoms in total. The predicted octanol–water partition coefficient (Wildman–Crippen LogP) is 3.51. The first kappa shape index (κ1) is 19.4. The summed E-state index contributed by atoms with van der Waals surface area (Å²) >= 11 is 1.67. The fourth-order valence-corrected chi connectivity index (χ4v) is 4.26. The summed E-state index contributed by atoms with van der Waals surface area (Å²) in [5, 5.41) is 15.2. The van der Waals surface area contributed by atoms with Crippen molar-refractivity contribution in [3.63, 3.8) is 0 Å². The fraction of sp³-hybridized carbons (Fsp3) is 0.450. The summed E-state index contributed by atoms with van der Waals surface area (Å²) in [5.74, 6) is -0.409. The molecule has 0 radical (unpaired) electrons. The Hall–Kier alpha value is -2.41. The SMILES string of the molecule is O=C(O)CCC(Cc1ccccc1)NC(=O)N1CCC(c2nccs2)CC1. The van der Waals surface area contributed by atoms with Crippen LogP contribution in [0.1, 0.15) is 42.2 Å². The van der Waals surface area contributed by atoms with Crippen LogP contribution in [0.4, 0.5) is 4.79 Å². The van der Waals surface area contributed by atoms with Crippen LogP contribution in [-0.2, 0) is 11.2 Å². The van der Waals surface area contributed by atoms with E-state index in [-0.39, 0.29) is 18.5 Å². The van der Waals surface area contributed by atoms with E-state index in [1.165, 1.54) is 0 Å². The predicted molar refractivity (Wildman–Crippen MR) is 105 cm³/mol. The number of carboxylic acids is 1. The minimum atomic E-state index is -0.841. The Balaban J connectivity index is 1.54. The van der Waals surface area contributed by atoms with Crippen LogP contribution in [-0.4, -0.2) is 46.1 Å². The highest BCUT2D eigenvalue weighted by Gasteiger charge is 2.26. The molecule has 0 bridgehead atoms. The maximum Gasteiger partial charge on any atom is 0.317 e. The van der Waals surface area contributed by atoms with E-state index in [1.54, 1.807) is 11.3 Å². The van der Waals surface area contributed by atoms with Crippen molar-refractivity contribution in [2.45, 2.75) is 44.1 Å². The second-order valence-electron chi connectivity index (χ2n) is 6.90. The van der Waals surface area contributed by atoms with E-state index in [2.05, 4.69) is 10.3 Å². The zero-order valence-corrected chi connectivity index (χ0v) is 16.0. The van der Waals surface area contributed by atoms with Crippen molar-refractivity contribution in [1.82, 2.24) is 15.2 Å². The van der Waals surface area contributed by atoms with Crippen molar-refractivity contribution in [3.05, 3.63) is 52.5 Å². The van der Waals surface area contributed by atoms with Gasteiger partial charge >= 0.3 is 12.0 Å². The molecular weight excluding hydrogens is 362 g/mol. The van der Waals surface area contributed by atoms with Crippen molar-refractivity contribution < 1.29 is 14.7 Å². The molecule has 1 fully saturated rings. The number of carbonyl (C=O) groups is 2. The molecule has 0 saturated carbocycles. The molecule has 2 heterocycles. The van der Waals surface area contributed by atoms with Crippen LogP contribution >= 0.6 is 11.3 Å². The van der Waals surface area contributed by atoms with Gasteiger partial charge in [0.1, 0.15) is 0 Å². The Labute approximate surface area is 163 Å². The van der Waals surface area contributed by atoms with Gasteiger partial charge in [-0.2, -0.15) is 0 Å². The lowest BCUT2D eigenvalue weighted by molar-refractivity contribution is -0.137. The average Bonchev–Trinajstić information content (AvgIpc) is 3.22. The molecule has 1 aliphatic heterocycles. The largest absolute Gasteiger partial charge is 0.481 e. The lowest BCUT2D eigenvalue weighted by Crippen LogP contribution is -2.48. The zero-order valence-electron chi connectivity index (χ0n) is 15.2. The van der Waals surface area contributed by atoms with E-state index < -0.39 is 5.97 Å². The Morgan fingerprint density at radius 2 is 2.00 bits per heavy atom. The molecule has 0 aliphatic carbocycles. The standard InChI is InChI=1S/C20H25N3O3S/c24-18(25)7-6-17(14-15-4-2-1-3-5-15)22-20(26)23-11-8-16(9-12-23)19-21-10-13-27-19/h1-5,10,13,16-17H,6-9,11-12,14H2,(H,22,26)(H,24,25). The topological polar surface area (TPSA) is 82.5 Å². The van der Waals surface area contributed by atoms with E-state index in [1.807, 2.05) is 46.8 Å². The van der Waals surface area contributed by atoms with Gasteiger partial charge in [-0.1, -0.05) is 30.3 Å². The summed E-state index contributed by atoms with van der Waals surface area (Å²) < 4.78 is 0. The number of aliphatic carboxylic acids is 1. The molecule has 27 heavy (non-hydrogen) atoms. The third-order valence-electron chi connectivity index (χ3n) is 4.94. The molecule has 1 saturated heterocycles. The number of rotatable bonds is 7. The number of aromatic nitrogens is 1. The monoisotopic (exact) mass is 387 g/mol. The lowest BCUT2D eigenvalue weighted by atomic mass is 9.97. The van der Waals surface area contributed by atoms with Gasteiger partial charge in [-0.25, -0.2) is 9.78 Å². The summed E-state index contributed by atoms with van der Waals surface area (Å²) in [6.45, 7) is 1.40. The third-order valence-corrected chi connectivity index (χ3v) is 5.88. The van der Waals surface area contributed by atoms with Gasteiger partial charge in [0.15, 0.2) is 0 Å². The van der Waals surface area contributed by atoms with Crippen LogP contribution in [0.2, 0.25) is 0 Å². The summed E-state index contributed by atoms with van der Waals surface area (Å²) in [6, 6.07) is 9.57. The number of piperidine rings is 1. The number of urea groups is 1. The van der Waals surface area contributed by atoms with Gasteiger partial charge < -0.3 is 15.3 Å². The molecule has 2 N–H and O–H groups in total. The number of likely N-dealkylation sites (tertiary alicyclic amines) is 1. The molecule has 2 amide bonds. The first-order chi connectivity index (χ1) is 13.1. The number of carboxylic acid groups (broad SMARTS) is 1. The number of amides is 2. The molecule has 1 aromatic carbocycles. The quantitative estimate of drug-likeness (QED) is 0.762. The molecule has 1 atom stereocenters. The van der Waals surface area contributed by atoms with Gasteiger partial charge in [0.05, 0.1) is 5.01 Å². The molecule has 7 heteroatoms. The van der Waals surface area contributed by atoms with Crippen molar-refractivity contribution in [2.75, 3.05) is 13.1 Å². The lowest BCUT2D eigenvalue weighted by Gasteiger charge is -2.32. The Bertz CT molecular complexity index is 728. The van der Waals surface area contributed by atoms with Crippen molar-refractivity contribution >= 4 is 23.3 Å². The number of hydrogen-bond donors (Lipinski definition) is 2. The normalized spacial score (nSPS) is 16.1. The van der Waals surface area contributed by atoms with E-state index in [0.717, 1.165) is 23.4 Å². The van der Waals surface area contributed by atoms with E-state index in [4.69, 9.17) is 5.11 Å². The van der Waals surface area contributed by atoms with Crippen molar-refractivity contribution in [1.29, 1.82) is 0 Å². The summed E-state index contributed by atoms with van der Waals surface area (Å²) in [5.41, 5.74) is 1.09. The van der Waals surface area contributed by atoms with E-state index in [9.17, 15) is 9.59 Å². The van der Waals surface area contributed by atoms with Crippen LogP contribution in [0, 0.1) is 0 Å². The van der Waals surface area contributed by atoms with Crippen molar-refractivity contribution in [3.8, 4) is 0 Å². The first-order valence-corrected chi connectivity index (χ1v) is 10.2. The van der Waals surface area contributed by atoms with Gasteiger partial charge in [0.2, 0.25) is 0 Å². The molecule has 3 rings (SSSR count). The minimum Gasteiger partial charge on any atom is -0.481 e. The van der Waals surface area contributed by atoms with Gasteiger partial charge in [-0.05, 0) is 31.2 Å². The van der Waals surface area contributed by atoms with Crippen LogP contribution in [0.5, 0.6) is 0 Å².